The molecule has 102 valence electrons. The minimum Gasteiger partial charge on any atom is -0.329 e. The van der Waals surface area contributed by atoms with Gasteiger partial charge >= 0.3 is 0 Å². The topological polar surface area (TPSA) is 78.0 Å². The fourth-order valence-corrected chi connectivity index (χ4v) is 3.47. The molecule has 1 saturated carbocycles. The SMILES string of the molecule is CC(CN)S(=O)(=O)Cc1ccn(C2CCCC2)n1. The summed E-state index contributed by atoms with van der Waals surface area (Å²) in [5, 5.41) is 3.89. The van der Waals surface area contributed by atoms with Crippen molar-refractivity contribution in [3.8, 4) is 0 Å². The van der Waals surface area contributed by atoms with Crippen molar-refractivity contribution in [3.63, 3.8) is 0 Å². The summed E-state index contributed by atoms with van der Waals surface area (Å²) in [5.41, 5.74) is 6.04. The predicted octanol–water partition coefficient (Wildman–Crippen LogP) is 1.26. The van der Waals surface area contributed by atoms with E-state index < -0.39 is 15.1 Å². The highest BCUT2D eigenvalue weighted by Crippen LogP contribution is 2.28. The lowest BCUT2D eigenvalue weighted by Crippen LogP contribution is -2.27. The molecule has 1 fully saturated rings. The molecule has 18 heavy (non-hydrogen) atoms. The van der Waals surface area contributed by atoms with Crippen molar-refractivity contribution in [3.05, 3.63) is 18.0 Å². The lowest BCUT2D eigenvalue weighted by atomic mass is 10.3. The Kier molecular flexibility index (Phi) is 4.07. The summed E-state index contributed by atoms with van der Waals surface area (Å²) in [6.45, 7) is 1.80. The van der Waals surface area contributed by atoms with Crippen molar-refractivity contribution in [2.45, 2.75) is 49.7 Å². The van der Waals surface area contributed by atoms with Gasteiger partial charge in [-0.25, -0.2) is 8.42 Å². The van der Waals surface area contributed by atoms with Gasteiger partial charge in [0.25, 0.3) is 0 Å². The van der Waals surface area contributed by atoms with Crippen LogP contribution >= 0.6 is 0 Å². The van der Waals surface area contributed by atoms with Crippen molar-refractivity contribution in [1.82, 2.24) is 9.78 Å². The minimum atomic E-state index is -3.17. The van der Waals surface area contributed by atoms with Crippen molar-refractivity contribution in [2.75, 3.05) is 6.54 Å². The van der Waals surface area contributed by atoms with E-state index in [1.54, 1.807) is 13.0 Å². The van der Waals surface area contributed by atoms with E-state index in [2.05, 4.69) is 5.10 Å². The van der Waals surface area contributed by atoms with E-state index in [0.29, 0.717) is 11.7 Å². The number of rotatable bonds is 5. The van der Waals surface area contributed by atoms with E-state index in [1.807, 2.05) is 10.9 Å². The van der Waals surface area contributed by atoms with Crippen LogP contribution < -0.4 is 5.73 Å². The quantitative estimate of drug-likeness (QED) is 0.874. The first-order valence-corrected chi connectivity index (χ1v) is 8.20. The first-order chi connectivity index (χ1) is 8.53. The van der Waals surface area contributed by atoms with Gasteiger partial charge in [0.15, 0.2) is 9.84 Å². The Morgan fingerprint density at radius 1 is 1.50 bits per heavy atom. The van der Waals surface area contributed by atoms with Crippen molar-refractivity contribution >= 4 is 9.84 Å². The second-order valence-corrected chi connectivity index (χ2v) is 7.50. The molecule has 5 nitrogen and oxygen atoms in total. The molecule has 0 aromatic carbocycles. The van der Waals surface area contributed by atoms with Crippen molar-refractivity contribution in [1.29, 1.82) is 0 Å². The molecule has 1 aromatic rings. The summed E-state index contributed by atoms with van der Waals surface area (Å²) in [6.07, 6.45) is 6.67. The molecule has 2 N–H and O–H groups in total. The van der Waals surface area contributed by atoms with Gasteiger partial charge in [-0.05, 0) is 25.8 Å². The monoisotopic (exact) mass is 271 g/mol. The van der Waals surface area contributed by atoms with E-state index in [1.165, 1.54) is 12.8 Å². The number of nitrogens with two attached hydrogens (primary N) is 1. The Labute approximate surface area is 108 Å². The maximum atomic E-state index is 11.9. The molecule has 0 radical (unpaired) electrons. The summed E-state index contributed by atoms with van der Waals surface area (Å²) in [6, 6.07) is 2.26. The summed E-state index contributed by atoms with van der Waals surface area (Å²) in [4.78, 5) is 0. The molecule has 1 aliphatic carbocycles. The zero-order valence-corrected chi connectivity index (χ0v) is 11.6. The number of hydrogen-bond acceptors (Lipinski definition) is 4. The van der Waals surface area contributed by atoms with Crippen LogP contribution in [0.4, 0.5) is 0 Å². The lowest BCUT2D eigenvalue weighted by molar-refractivity contribution is 0.464. The molecular weight excluding hydrogens is 250 g/mol. The van der Waals surface area contributed by atoms with E-state index in [4.69, 9.17) is 5.73 Å². The standard InChI is InChI=1S/C12H21N3O2S/c1-10(8-13)18(16,17)9-11-6-7-15(14-11)12-4-2-3-5-12/h6-7,10,12H,2-5,8-9,13H2,1H3. The third-order valence-corrected chi connectivity index (χ3v) is 5.77. The van der Waals surface area contributed by atoms with E-state index >= 15 is 0 Å². The van der Waals surface area contributed by atoms with Crippen LogP contribution in [0.15, 0.2) is 12.3 Å². The number of nitrogens with zero attached hydrogens (tertiary/aromatic N) is 2. The minimum absolute atomic E-state index is 0.00884. The van der Waals surface area contributed by atoms with Crippen LogP contribution in [0.25, 0.3) is 0 Å². The van der Waals surface area contributed by atoms with Gasteiger partial charge in [0.2, 0.25) is 0 Å². The molecular formula is C12H21N3O2S. The Balaban J connectivity index is 2.06. The van der Waals surface area contributed by atoms with Gasteiger partial charge in [-0.2, -0.15) is 5.10 Å². The average molecular weight is 271 g/mol. The largest absolute Gasteiger partial charge is 0.329 e. The molecule has 6 heteroatoms. The Bertz CT molecular complexity index is 489. The van der Waals surface area contributed by atoms with Crippen LogP contribution in [0, 0.1) is 0 Å². The Morgan fingerprint density at radius 3 is 2.78 bits per heavy atom. The second-order valence-electron chi connectivity index (χ2n) is 5.08. The van der Waals surface area contributed by atoms with Crippen molar-refractivity contribution in [2.24, 2.45) is 5.73 Å². The van der Waals surface area contributed by atoms with Gasteiger partial charge in [-0.15, -0.1) is 0 Å². The van der Waals surface area contributed by atoms with Gasteiger partial charge < -0.3 is 5.73 Å². The molecule has 1 atom stereocenters. The van der Waals surface area contributed by atoms with Crippen molar-refractivity contribution < 1.29 is 8.42 Å². The molecule has 0 amide bonds. The second kappa shape index (κ2) is 5.40. The zero-order valence-electron chi connectivity index (χ0n) is 10.7. The van der Waals surface area contributed by atoms with Crippen LogP contribution in [0.5, 0.6) is 0 Å². The fourth-order valence-electron chi connectivity index (χ4n) is 2.32. The summed E-state index contributed by atoms with van der Waals surface area (Å²) in [5.74, 6) is -0.00884. The molecule has 0 saturated heterocycles. The Hall–Kier alpha value is -0.880. The van der Waals surface area contributed by atoms with E-state index in [0.717, 1.165) is 12.8 Å². The average Bonchev–Trinajstić information content (AvgIpc) is 2.97. The van der Waals surface area contributed by atoms with Gasteiger partial charge in [0.1, 0.15) is 0 Å². The first-order valence-electron chi connectivity index (χ1n) is 6.48. The highest BCUT2D eigenvalue weighted by molar-refractivity contribution is 7.91. The van der Waals surface area contributed by atoms with Crippen LogP contribution in [-0.4, -0.2) is 30.0 Å². The molecule has 1 unspecified atom stereocenters. The fraction of sp³-hybridized carbons (Fsp3) is 0.750. The van der Waals surface area contributed by atoms with Gasteiger partial charge in [-0.1, -0.05) is 12.8 Å². The van der Waals surface area contributed by atoms with Gasteiger partial charge in [0.05, 0.1) is 22.7 Å². The maximum Gasteiger partial charge on any atom is 0.159 e. The highest BCUT2D eigenvalue weighted by atomic mass is 32.2. The molecule has 1 aliphatic rings. The lowest BCUT2D eigenvalue weighted by Gasteiger charge is -2.10. The zero-order chi connectivity index (χ0) is 13.2. The van der Waals surface area contributed by atoms with Crippen LogP contribution in [0.1, 0.15) is 44.3 Å². The number of hydrogen-bond donors (Lipinski definition) is 1. The third kappa shape index (κ3) is 2.92. The van der Waals surface area contributed by atoms with E-state index in [-0.39, 0.29) is 12.3 Å². The van der Waals surface area contributed by atoms with Crippen LogP contribution in [0.3, 0.4) is 0 Å². The molecule has 1 aromatic heterocycles. The molecule has 0 aliphatic heterocycles. The molecule has 0 spiro atoms. The summed E-state index contributed by atoms with van der Waals surface area (Å²) >= 11 is 0. The number of aromatic nitrogens is 2. The summed E-state index contributed by atoms with van der Waals surface area (Å²) < 4.78 is 25.8. The maximum absolute atomic E-state index is 11.9. The predicted molar refractivity (Wildman–Crippen MR) is 70.9 cm³/mol. The Morgan fingerprint density at radius 2 is 2.17 bits per heavy atom. The van der Waals surface area contributed by atoms with Crippen LogP contribution in [-0.2, 0) is 15.6 Å². The smallest absolute Gasteiger partial charge is 0.159 e. The normalized spacial score (nSPS) is 19.2. The van der Waals surface area contributed by atoms with Gasteiger partial charge in [0, 0.05) is 12.7 Å². The first kappa shape index (κ1) is 13.5. The third-order valence-electron chi connectivity index (χ3n) is 3.66. The highest BCUT2D eigenvalue weighted by Gasteiger charge is 2.22. The molecule has 2 rings (SSSR count). The molecule has 0 bridgehead atoms. The number of sulfone groups is 1. The van der Waals surface area contributed by atoms with E-state index in [9.17, 15) is 8.42 Å². The van der Waals surface area contributed by atoms with Crippen LogP contribution in [0.2, 0.25) is 0 Å². The summed E-state index contributed by atoms with van der Waals surface area (Å²) in [7, 11) is -3.17. The molecule has 1 heterocycles. The van der Waals surface area contributed by atoms with Gasteiger partial charge in [-0.3, -0.25) is 4.68 Å².